The smallest absolute Gasteiger partial charge is 0.300 e. The lowest BCUT2D eigenvalue weighted by molar-refractivity contribution is -0.384. The Labute approximate surface area is 119 Å². The van der Waals surface area contributed by atoms with Gasteiger partial charge < -0.3 is 5.11 Å². The Morgan fingerprint density at radius 3 is 2.74 bits per heavy atom. The van der Waals surface area contributed by atoms with Crippen molar-refractivity contribution < 1.29 is 18.4 Å². The molecule has 1 atom stereocenters. The van der Waals surface area contributed by atoms with Crippen LogP contribution in [0.2, 0.25) is 4.34 Å². The van der Waals surface area contributed by atoms with Gasteiger partial charge in [-0.2, -0.15) is 0 Å². The van der Waals surface area contributed by atoms with Crippen LogP contribution in [0, 0.1) is 10.1 Å². The van der Waals surface area contributed by atoms with Crippen LogP contribution in [0.1, 0.15) is 19.8 Å². The number of nitrogens with one attached hydrogen (secondary N) is 1. The van der Waals surface area contributed by atoms with E-state index in [2.05, 4.69) is 4.72 Å². The third-order valence-corrected chi connectivity index (χ3v) is 5.62. The van der Waals surface area contributed by atoms with E-state index in [-0.39, 0.29) is 21.5 Å². The van der Waals surface area contributed by atoms with Crippen LogP contribution < -0.4 is 4.72 Å². The lowest BCUT2D eigenvalue weighted by Gasteiger charge is -2.08. The number of aliphatic hydroxyl groups is 1. The van der Waals surface area contributed by atoms with Gasteiger partial charge in [-0.25, -0.2) is 13.1 Å². The van der Waals surface area contributed by atoms with Crippen molar-refractivity contribution in [2.24, 2.45) is 0 Å². The molecule has 19 heavy (non-hydrogen) atoms. The summed E-state index contributed by atoms with van der Waals surface area (Å²) in [7, 11) is -3.83. The molecule has 0 radical (unpaired) electrons. The minimum Gasteiger partial charge on any atom is -0.393 e. The molecule has 1 aromatic heterocycles. The lowest BCUT2D eigenvalue weighted by atomic mass is 10.2. The van der Waals surface area contributed by atoms with Gasteiger partial charge in [-0.1, -0.05) is 18.5 Å². The summed E-state index contributed by atoms with van der Waals surface area (Å²) in [6, 6.07) is 0.922. The van der Waals surface area contributed by atoms with Crippen LogP contribution in [0.4, 0.5) is 5.69 Å². The fourth-order valence-electron chi connectivity index (χ4n) is 1.23. The molecule has 1 heterocycles. The molecule has 7 nitrogen and oxygen atoms in total. The Bertz CT molecular complexity index is 557. The first-order valence-corrected chi connectivity index (χ1v) is 8.07. The normalized spacial score (nSPS) is 13.4. The summed E-state index contributed by atoms with van der Waals surface area (Å²) in [4.78, 5) is 9.85. The minimum absolute atomic E-state index is 0.0562. The molecule has 2 N–H and O–H groups in total. The Morgan fingerprint density at radius 2 is 2.26 bits per heavy atom. The van der Waals surface area contributed by atoms with E-state index in [0.717, 1.165) is 6.07 Å². The maximum Gasteiger partial charge on any atom is 0.300 e. The number of aliphatic hydroxyl groups excluding tert-OH is 1. The van der Waals surface area contributed by atoms with Crippen molar-refractivity contribution in [1.29, 1.82) is 0 Å². The molecule has 0 aliphatic carbocycles. The fourth-order valence-corrected chi connectivity index (χ4v) is 3.99. The van der Waals surface area contributed by atoms with Crippen LogP contribution in [0.15, 0.2) is 10.3 Å². The highest BCUT2D eigenvalue weighted by Gasteiger charge is 2.25. The van der Waals surface area contributed by atoms with Crippen molar-refractivity contribution >= 4 is 38.6 Å². The van der Waals surface area contributed by atoms with Crippen molar-refractivity contribution in [3.8, 4) is 0 Å². The third-order valence-electron chi connectivity index (χ3n) is 2.35. The number of halogens is 1. The number of sulfonamides is 1. The summed E-state index contributed by atoms with van der Waals surface area (Å²) < 4.78 is 25.5. The van der Waals surface area contributed by atoms with E-state index in [4.69, 9.17) is 11.6 Å². The zero-order chi connectivity index (χ0) is 14.6. The van der Waals surface area contributed by atoms with Crippen molar-refractivity contribution in [2.45, 2.75) is 30.1 Å². The number of hydrogen-bond donors (Lipinski definition) is 2. The summed E-state index contributed by atoms with van der Waals surface area (Å²) in [5, 5.41) is 19.9. The lowest BCUT2D eigenvalue weighted by Crippen LogP contribution is -2.26. The first kappa shape index (κ1) is 16.3. The number of rotatable bonds is 7. The van der Waals surface area contributed by atoms with Gasteiger partial charge in [-0.05, 0) is 12.8 Å². The Morgan fingerprint density at radius 1 is 1.63 bits per heavy atom. The predicted octanol–water partition coefficient (Wildman–Crippen LogP) is 1.75. The van der Waals surface area contributed by atoms with Crippen LogP contribution in [-0.4, -0.2) is 31.1 Å². The summed E-state index contributed by atoms with van der Waals surface area (Å²) in [5.41, 5.74) is -0.430. The second-order valence-electron chi connectivity index (χ2n) is 3.73. The quantitative estimate of drug-likeness (QED) is 0.585. The van der Waals surface area contributed by atoms with Gasteiger partial charge in [-0.3, -0.25) is 10.1 Å². The van der Waals surface area contributed by atoms with Gasteiger partial charge in [0.15, 0.2) is 4.34 Å². The monoisotopic (exact) mass is 328 g/mol. The minimum atomic E-state index is -3.83. The van der Waals surface area contributed by atoms with Gasteiger partial charge in [0, 0.05) is 12.6 Å². The molecule has 0 fully saturated rings. The van der Waals surface area contributed by atoms with E-state index in [9.17, 15) is 23.6 Å². The predicted molar refractivity (Wildman–Crippen MR) is 72.1 cm³/mol. The van der Waals surface area contributed by atoms with Crippen LogP contribution in [0.3, 0.4) is 0 Å². The second-order valence-corrected chi connectivity index (χ2v) is 7.38. The van der Waals surface area contributed by atoms with Gasteiger partial charge in [0.05, 0.1) is 11.0 Å². The van der Waals surface area contributed by atoms with E-state index in [1.54, 1.807) is 6.92 Å². The zero-order valence-electron chi connectivity index (χ0n) is 10.00. The molecule has 0 spiro atoms. The molecular weight excluding hydrogens is 316 g/mol. The Hall–Kier alpha value is -0.740. The first-order valence-electron chi connectivity index (χ1n) is 5.39. The fraction of sp³-hybridized carbons (Fsp3) is 0.556. The van der Waals surface area contributed by atoms with Crippen molar-refractivity contribution in [2.75, 3.05) is 6.54 Å². The van der Waals surface area contributed by atoms with E-state index < -0.39 is 26.7 Å². The molecule has 10 heteroatoms. The maximum atomic E-state index is 11.8. The average Bonchev–Trinajstić information content (AvgIpc) is 2.71. The van der Waals surface area contributed by atoms with Crippen LogP contribution in [0.5, 0.6) is 0 Å². The van der Waals surface area contributed by atoms with Crippen molar-refractivity contribution in [3.05, 3.63) is 20.5 Å². The number of nitrogens with zero attached hydrogens (tertiary/aromatic N) is 1. The summed E-state index contributed by atoms with van der Waals surface area (Å²) in [5.74, 6) is 0. The van der Waals surface area contributed by atoms with Crippen molar-refractivity contribution in [1.82, 2.24) is 4.72 Å². The maximum absolute atomic E-state index is 11.8. The summed E-state index contributed by atoms with van der Waals surface area (Å²) in [6.07, 6.45) is 0.221. The number of thiophene rings is 1. The second kappa shape index (κ2) is 6.62. The van der Waals surface area contributed by atoms with E-state index in [1.165, 1.54) is 0 Å². The van der Waals surface area contributed by atoms with Crippen molar-refractivity contribution in [3.63, 3.8) is 0 Å². The van der Waals surface area contributed by atoms with Gasteiger partial charge >= 0.3 is 0 Å². The van der Waals surface area contributed by atoms with E-state index in [1.807, 2.05) is 0 Å². The van der Waals surface area contributed by atoms with E-state index >= 15 is 0 Å². The molecular formula is C9H13ClN2O5S2. The van der Waals surface area contributed by atoms with Crippen LogP contribution in [0.25, 0.3) is 0 Å². The van der Waals surface area contributed by atoms with Gasteiger partial charge in [0.25, 0.3) is 5.69 Å². The topological polar surface area (TPSA) is 110 Å². The average molecular weight is 329 g/mol. The highest BCUT2D eigenvalue weighted by atomic mass is 35.5. The molecule has 0 aromatic carbocycles. The molecule has 0 aliphatic rings. The zero-order valence-corrected chi connectivity index (χ0v) is 12.4. The molecule has 1 rings (SSSR count). The molecule has 108 valence electrons. The van der Waals surface area contributed by atoms with Gasteiger partial charge in [0.2, 0.25) is 10.0 Å². The first-order chi connectivity index (χ1) is 8.77. The summed E-state index contributed by atoms with van der Waals surface area (Å²) in [6.45, 7) is 1.84. The number of hydrogen-bond acceptors (Lipinski definition) is 6. The summed E-state index contributed by atoms with van der Waals surface area (Å²) >= 11 is 6.22. The highest BCUT2D eigenvalue weighted by Crippen LogP contribution is 2.35. The molecule has 0 aliphatic heterocycles. The molecule has 0 bridgehead atoms. The molecule has 0 amide bonds. The Balaban J connectivity index is 2.78. The third kappa shape index (κ3) is 4.39. The molecule has 0 saturated carbocycles. The largest absolute Gasteiger partial charge is 0.393 e. The molecule has 0 saturated heterocycles. The van der Waals surface area contributed by atoms with Gasteiger partial charge in [-0.15, -0.1) is 11.3 Å². The number of nitro groups is 1. The van der Waals surface area contributed by atoms with Gasteiger partial charge in [0.1, 0.15) is 4.21 Å². The van der Waals surface area contributed by atoms with Crippen LogP contribution >= 0.6 is 22.9 Å². The van der Waals surface area contributed by atoms with Crippen LogP contribution in [-0.2, 0) is 10.0 Å². The SMILES string of the molecule is CCC(O)CCNS(=O)(=O)c1cc([N+](=O)[O-])c(Cl)s1. The molecule has 1 aromatic rings. The highest BCUT2D eigenvalue weighted by molar-refractivity contribution is 7.91. The standard InChI is InChI=1S/C9H13ClN2O5S2/c1-2-6(13)3-4-11-19(16,17)8-5-7(12(14)15)9(10)18-8/h5-6,11,13H,2-4H2,1H3. The molecule has 1 unspecified atom stereocenters. The Kier molecular flexibility index (Phi) is 5.68. The van der Waals surface area contributed by atoms with E-state index in [0.29, 0.717) is 17.8 Å².